The lowest BCUT2D eigenvalue weighted by atomic mass is 9.36. The predicted molar refractivity (Wildman–Crippen MR) is 138 cm³/mol. The summed E-state index contributed by atoms with van der Waals surface area (Å²) in [5.74, 6) is -0.391. The van der Waals surface area contributed by atoms with E-state index < -0.39 is 18.0 Å². The topological polar surface area (TPSA) is 87.0 Å². The highest BCUT2D eigenvalue weighted by molar-refractivity contribution is 5.71. The standard InChI is InChI=1S/C30H50O5/c1-8-35-24-16-30(7)21(25(24)19(27(33)34)10-9-17(2)3)15-23(32)26-28(5)13-12-22(31)18(4)20(28)11-14-29(26,30)6/h9,18-26,31-32H,8,10-16H2,1-7H3,(H,33,34)/t18-,19+,20?,21?,22+,23+,24-,25+,26?,28-,29-,30-/m0/s1. The first-order valence-electron chi connectivity index (χ1n) is 14.2. The Morgan fingerprint density at radius 1 is 1.06 bits per heavy atom. The Morgan fingerprint density at radius 2 is 1.74 bits per heavy atom. The molecule has 0 heterocycles. The van der Waals surface area contributed by atoms with E-state index in [1.165, 1.54) is 0 Å². The fourth-order valence-corrected chi connectivity index (χ4v) is 10.2. The minimum atomic E-state index is -0.742. The zero-order valence-electron chi connectivity index (χ0n) is 23.1. The van der Waals surface area contributed by atoms with Crippen molar-refractivity contribution in [1.82, 2.24) is 0 Å². The fraction of sp³-hybridized carbons (Fsp3) is 0.900. The molecule has 0 aromatic heterocycles. The summed E-state index contributed by atoms with van der Waals surface area (Å²) in [7, 11) is 0. The molecule has 0 bridgehead atoms. The molecule has 0 aromatic rings. The first-order valence-corrected chi connectivity index (χ1v) is 14.2. The Bertz CT molecular complexity index is 835. The number of aliphatic hydroxyl groups excluding tert-OH is 2. The molecule has 0 radical (unpaired) electrons. The average Bonchev–Trinajstić information content (AvgIpc) is 3.04. The van der Waals surface area contributed by atoms with E-state index in [9.17, 15) is 20.1 Å². The number of aliphatic hydroxyl groups is 2. The van der Waals surface area contributed by atoms with Gasteiger partial charge in [-0.25, -0.2) is 0 Å². The first-order chi connectivity index (χ1) is 16.3. The van der Waals surface area contributed by atoms with Crippen LogP contribution in [0.5, 0.6) is 0 Å². The molecule has 4 aliphatic carbocycles. The van der Waals surface area contributed by atoms with Gasteiger partial charge >= 0.3 is 5.97 Å². The smallest absolute Gasteiger partial charge is 0.307 e. The molecule has 4 saturated carbocycles. The van der Waals surface area contributed by atoms with Crippen molar-refractivity contribution in [3.05, 3.63) is 11.6 Å². The van der Waals surface area contributed by atoms with E-state index >= 15 is 0 Å². The van der Waals surface area contributed by atoms with Crippen LogP contribution in [0.25, 0.3) is 0 Å². The average molecular weight is 491 g/mol. The lowest BCUT2D eigenvalue weighted by Gasteiger charge is -2.69. The number of aliphatic carboxylic acids is 1. The summed E-state index contributed by atoms with van der Waals surface area (Å²) in [6.07, 6.45) is 7.17. The van der Waals surface area contributed by atoms with Crippen LogP contribution in [0.4, 0.5) is 0 Å². The van der Waals surface area contributed by atoms with Crippen LogP contribution in [0.3, 0.4) is 0 Å². The highest BCUT2D eigenvalue weighted by atomic mass is 16.5. The molecule has 0 amide bonds. The van der Waals surface area contributed by atoms with Crippen LogP contribution in [0.15, 0.2) is 11.6 Å². The maximum absolute atomic E-state index is 12.6. The van der Waals surface area contributed by atoms with Gasteiger partial charge in [-0.2, -0.15) is 0 Å². The van der Waals surface area contributed by atoms with Gasteiger partial charge in [0.05, 0.1) is 24.2 Å². The molecule has 3 unspecified atom stereocenters. The third-order valence-corrected chi connectivity index (χ3v) is 11.9. The summed E-state index contributed by atoms with van der Waals surface area (Å²) in [6.45, 7) is 16.0. The van der Waals surface area contributed by atoms with Crippen LogP contribution < -0.4 is 0 Å². The van der Waals surface area contributed by atoms with Gasteiger partial charge in [-0.15, -0.1) is 0 Å². The van der Waals surface area contributed by atoms with Crippen molar-refractivity contribution in [3.63, 3.8) is 0 Å². The molecule has 0 aliphatic heterocycles. The van der Waals surface area contributed by atoms with Crippen molar-refractivity contribution in [2.75, 3.05) is 6.61 Å². The molecule has 4 fully saturated rings. The number of rotatable bonds is 6. The van der Waals surface area contributed by atoms with Crippen molar-refractivity contribution >= 4 is 5.97 Å². The van der Waals surface area contributed by atoms with E-state index in [0.29, 0.717) is 25.4 Å². The maximum Gasteiger partial charge on any atom is 0.307 e. The Balaban J connectivity index is 1.76. The van der Waals surface area contributed by atoms with Gasteiger partial charge in [0.1, 0.15) is 0 Å². The number of carbonyl (C=O) groups is 1. The molecule has 200 valence electrons. The quantitative estimate of drug-likeness (QED) is 0.417. The normalized spacial score (nSPS) is 50.0. The molecule has 3 N–H and O–H groups in total. The summed E-state index contributed by atoms with van der Waals surface area (Å²) in [5, 5.41) is 32.9. The molecule has 0 spiro atoms. The molecule has 0 aromatic carbocycles. The number of hydrogen-bond acceptors (Lipinski definition) is 4. The van der Waals surface area contributed by atoms with Gasteiger partial charge in [0, 0.05) is 12.5 Å². The fourth-order valence-electron chi connectivity index (χ4n) is 10.2. The minimum absolute atomic E-state index is 0.00744. The summed E-state index contributed by atoms with van der Waals surface area (Å²) in [5.41, 5.74) is 0.951. The summed E-state index contributed by atoms with van der Waals surface area (Å²) >= 11 is 0. The highest BCUT2D eigenvalue weighted by Gasteiger charge is 2.71. The van der Waals surface area contributed by atoms with Gasteiger partial charge in [0.15, 0.2) is 0 Å². The third-order valence-electron chi connectivity index (χ3n) is 11.9. The van der Waals surface area contributed by atoms with Gasteiger partial charge in [-0.3, -0.25) is 4.79 Å². The van der Waals surface area contributed by atoms with E-state index in [-0.39, 0.29) is 52.1 Å². The Kier molecular flexibility index (Phi) is 7.32. The van der Waals surface area contributed by atoms with E-state index in [1.54, 1.807) is 0 Å². The zero-order chi connectivity index (χ0) is 25.9. The second-order valence-corrected chi connectivity index (χ2v) is 13.6. The highest BCUT2D eigenvalue weighted by Crippen LogP contribution is 2.74. The summed E-state index contributed by atoms with van der Waals surface area (Å²) in [4.78, 5) is 12.6. The monoisotopic (exact) mass is 490 g/mol. The lowest BCUT2D eigenvalue weighted by molar-refractivity contribution is -0.240. The van der Waals surface area contributed by atoms with Crippen molar-refractivity contribution in [1.29, 1.82) is 0 Å². The lowest BCUT2D eigenvalue weighted by Crippen LogP contribution is -2.66. The largest absolute Gasteiger partial charge is 0.481 e. The number of ether oxygens (including phenoxy) is 1. The van der Waals surface area contributed by atoms with Gasteiger partial charge in [0.25, 0.3) is 0 Å². The number of fused-ring (bicyclic) bond motifs is 5. The van der Waals surface area contributed by atoms with Crippen molar-refractivity contribution in [3.8, 4) is 0 Å². The van der Waals surface area contributed by atoms with Crippen molar-refractivity contribution in [2.24, 2.45) is 51.8 Å². The molecule has 35 heavy (non-hydrogen) atoms. The van der Waals surface area contributed by atoms with Crippen LogP contribution in [0.2, 0.25) is 0 Å². The van der Waals surface area contributed by atoms with Gasteiger partial charge in [0.2, 0.25) is 0 Å². The van der Waals surface area contributed by atoms with E-state index in [2.05, 4.69) is 33.8 Å². The van der Waals surface area contributed by atoms with E-state index in [1.807, 2.05) is 20.8 Å². The van der Waals surface area contributed by atoms with Crippen LogP contribution in [-0.2, 0) is 9.53 Å². The van der Waals surface area contributed by atoms with Crippen molar-refractivity contribution < 1.29 is 24.9 Å². The molecular weight excluding hydrogens is 440 g/mol. The predicted octanol–water partition coefficient (Wildman–Crippen LogP) is 5.69. The summed E-state index contributed by atoms with van der Waals surface area (Å²) in [6, 6.07) is 0. The van der Waals surface area contributed by atoms with Gasteiger partial charge in [-0.1, -0.05) is 39.3 Å². The molecule has 5 heteroatoms. The Labute approximate surface area is 212 Å². The van der Waals surface area contributed by atoms with Crippen LogP contribution >= 0.6 is 0 Å². The molecule has 4 aliphatic rings. The molecular formula is C30H50O5. The van der Waals surface area contributed by atoms with E-state index in [0.717, 1.165) is 37.7 Å². The van der Waals surface area contributed by atoms with Crippen molar-refractivity contribution in [2.45, 2.75) is 112 Å². The van der Waals surface area contributed by atoms with Crippen LogP contribution in [0.1, 0.15) is 93.4 Å². The zero-order valence-corrected chi connectivity index (χ0v) is 23.1. The second kappa shape index (κ2) is 9.44. The molecule has 4 rings (SSSR count). The van der Waals surface area contributed by atoms with Gasteiger partial charge in [-0.05, 0) is 106 Å². The Morgan fingerprint density at radius 3 is 2.34 bits per heavy atom. The van der Waals surface area contributed by atoms with E-state index in [4.69, 9.17) is 4.74 Å². The van der Waals surface area contributed by atoms with Crippen LogP contribution in [0, 0.1) is 51.8 Å². The van der Waals surface area contributed by atoms with Gasteiger partial charge < -0.3 is 20.1 Å². The maximum atomic E-state index is 12.6. The molecule has 12 atom stereocenters. The number of allylic oxidation sites excluding steroid dienone is 2. The first kappa shape index (κ1) is 27.1. The Hall–Kier alpha value is -0.910. The summed E-state index contributed by atoms with van der Waals surface area (Å²) < 4.78 is 6.33. The molecule has 5 nitrogen and oxygen atoms in total. The van der Waals surface area contributed by atoms with Crippen LogP contribution in [-0.4, -0.2) is 46.2 Å². The number of hydrogen-bond donors (Lipinski definition) is 3. The molecule has 0 saturated heterocycles. The second-order valence-electron chi connectivity index (χ2n) is 13.6. The minimum Gasteiger partial charge on any atom is -0.481 e. The number of carboxylic acids is 1. The third kappa shape index (κ3) is 4.03. The SMILES string of the molecule is CCO[C@H]1C[C@@]2(C)C(C[C@@H](O)C3[C@@]4(C)CC[C@@H](O)[C@@H](C)C4CC[C@@]32C)[C@H]1[C@@H](CC=C(C)C)C(=O)O. The number of carboxylic acid groups (broad SMARTS) is 1.